The highest BCUT2D eigenvalue weighted by Gasteiger charge is 2.37. The fourth-order valence-electron chi connectivity index (χ4n) is 1.38. The minimum Gasteiger partial charge on any atom is -0.448 e. The van der Waals surface area contributed by atoms with Crippen molar-refractivity contribution in [2.75, 3.05) is 13.6 Å². The van der Waals surface area contributed by atoms with E-state index in [9.17, 15) is 13.2 Å². The van der Waals surface area contributed by atoms with Crippen LogP contribution in [0.3, 0.4) is 0 Å². The zero-order valence-electron chi connectivity index (χ0n) is 10.1. The SMILES string of the molecule is CNC(=S)NCC(S)CCc1ocnc1C(F)(F)F. The molecule has 19 heavy (non-hydrogen) atoms. The summed E-state index contributed by atoms with van der Waals surface area (Å²) in [6.07, 6.45) is -3.14. The van der Waals surface area contributed by atoms with Gasteiger partial charge in [-0.1, -0.05) is 0 Å². The van der Waals surface area contributed by atoms with Gasteiger partial charge in [-0.25, -0.2) is 4.98 Å². The van der Waals surface area contributed by atoms with Crippen LogP contribution >= 0.6 is 24.8 Å². The Morgan fingerprint density at radius 3 is 2.84 bits per heavy atom. The van der Waals surface area contributed by atoms with Crippen LogP contribution in [0.25, 0.3) is 0 Å². The van der Waals surface area contributed by atoms with E-state index in [1.807, 2.05) is 0 Å². The van der Waals surface area contributed by atoms with Crippen LogP contribution < -0.4 is 10.6 Å². The lowest BCUT2D eigenvalue weighted by atomic mass is 10.1. The van der Waals surface area contributed by atoms with Crippen molar-refractivity contribution >= 4 is 30.0 Å². The number of alkyl halides is 3. The molecule has 9 heteroatoms. The number of halogens is 3. The van der Waals surface area contributed by atoms with E-state index in [0.717, 1.165) is 6.39 Å². The van der Waals surface area contributed by atoms with Crippen LogP contribution in [0.1, 0.15) is 17.9 Å². The zero-order valence-corrected chi connectivity index (χ0v) is 11.8. The number of nitrogens with zero attached hydrogens (tertiary/aromatic N) is 1. The lowest BCUT2D eigenvalue weighted by Crippen LogP contribution is -2.36. The van der Waals surface area contributed by atoms with Gasteiger partial charge in [-0.2, -0.15) is 25.8 Å². The van der Waals surface area contributed by atoms with Gasteiger partial charge >= 0.3 is 6.18 Å². The first-order valence-electron chi connectivity index (χ1n) is 5.47. The molecule has 0 amide bonds. The number of rotatable bonds is 5. The van der Waals surface area contributed by atoms with Crippen LogP contribution in [0.2, 0.25) is 0 Å². The Kier molecular flexibility index (Phi) is 5.92. The maximum absolute atomic E-state index is 12.5. The van der Waals surface area contributed by atoms with E-state index in [4.69, 9.17) is 16.6 Å². The maximum atomic E-state index is 12.5. The van der Waals surface area contributed by atoms with Crippen molar-refractivity contribution in [1.29, 1.82) is 0 Å². The fourth-order valence-corrected chi connectivity index (χ4v) is 1.68. The molecule has 0 saturated heterocycles. The first-order chi connectivity index (χ1) is 8.84. The molecule has 0 fully saturated rings. The van der Waals surface area contributed by atoms with Gasteiger partial charge in [0.15, 0.2) is 17.2 Å². The number of thiocarbonyl (C=S) groups is 1. The Labute approximate surface area is 119 Å². The number of thiol groups is 1. The van der Waals surface area contributed by atoms with Gasteiger partial charge < -0.3 is 15.1 Å². The summed E-state index contributed by atoms with van der Waals surface area (Å²) in [7, 11) is 1.67. The Morgan fingerprint density at radius 1 is 1.58 bits per heavy atom. The Bertz CT molecular complexity index is 422. The van der Waals surface area contributed by atoms with Crippen molar-refractivity contribution in [3.05, 3.63) is 17.8 Å². The quantitative estimate of drug-likeness (QED) is 0.573. The van der Waals surface area contributed by atoms with Crippen molar-refractivity contribution in [1.82, 2.24) is 15.6 Å². The number of aromatic nitrogens is 1. The molecular weight excluding hydrogens is 299 g/mol. The Morgan fingerprint density at radius 2 is 2.26 bits per heavy atom. The number of aryl methyl sites for hydroxylation is 1. The third-order valence-electron chi connectivity index (χ3n) is 2.34. The third kappa shape index (κ3) is 5.27. The molecule has 0 aromatic carbocycles. The first kappa shape index (κ1) is 16.1. The van der Waals surface area contributed by atoms with Gasteiger partial charge in [0.05, 0.1) is 0 Å². The summed E-state index contributed by atoms with van der Waals surface area (Å²) in [4.78, 5) is 3.19. The second-order valence-corrected chi connectivity index (χ2v) is 4.91. The van der Waals surface area contributed by atoms with Gasteiger partial charge in [0.1, 0.15) is 5.76 Å². The van der Waals surface area contributed by atoms with Crippen LogP contribution in [0, 0.1) is 0 Å². The Balaban J connectivity index is 2.45. The Hall–Kier alpha value is -0.960. The fraction of sp³-hybridized carbons (Fsp3) is 0.600. The molecule has 1 rings (SSSR count). The molecule has 1 unspecified atom stereocenters. The van der Waals surface area contributed by atoms with Crippen LogP contribution in [0.5, 0.6) is 0 Å². The maximum Gasteiger partial charge on any atom is 0.436 e. The topological polar surface area (TPSA) is 50.1 Å². The van der Waals surface area contributed by atoms with Crippen LogP contribution in [0.4, 0.5) is 13.2 Å². The van der Waals surface area contributed by atoms with Gasteiger partial charge in [-0.15, -0.1) is 0 Å². The third-order valence-corrected chi connectivity index (χ3v) is 3.13. The van der Waals surface area contributed by atoms with Gasteiger partial charge in [-0.05, 0) is 18.6 Å². The molecule has 0 aliphatic rings. The van der Waals surface area contributed by atoms with E-state index in [1.165, 1.54) is 0 Å². The molecule has 2 N–H and O–H groups in total. The minimum atomic E-state index is -4.49. The van der Waals surface area contributed by atoms with Crippen molar-refractivity contribution in [3.63, 3.8) is 0 Å². The largest absolute Gasteiger partial charge is 0.448 e. The minimum absolute atomic E-state index is 0.122. The second kappa shape index (κ2) is 6.99. The molecule has 1 atom stereocenters. The molecule has 0 aliphatic carbocycles. The molecule has 0 saturated carbocycles. The van der Waals surface area contributed by atoms with E-state index < -0.39 is 11.9 Å². The molecule has 4 nitrogen and oxygen atoms in total. The van der Waals surface area contributed by atoms with E-state index in [-0.39, 0.29) is 17.4 Å². The average molecular weight is 313 g/mol. The average Bonchev–Trinajstić information content (AvgIpc) is 2.81. The van der Waals surface area contributed by atoms with Crippen molar-refractivity contribution in [3.8, 4) is 0 Å². The van der Waals surface area contributed by atoms with Crippen molar-refractivity contribution < 1.29 is 17.6 Å². The molecule has 0 aliphatic heterocycles. The van der Waals surface area contributed by atoms with Gasteiger partial charge in [-0.3, -0.25) is 0 Å². The number of hydrogen-bond acceptors (Lipinski definition) is 4. The summed E-state index contributed by atoms with van der Waals surface area (Å²) in [6.45, 7) is 0.457. The van der Waals surface area contributed by atoms with Crippen molar-refractivity contribution in [2.45, 2.75) is 24.3 Å². The van der Waals surface area contributed by atoms with E-state index in [0.29, 0.717) is 18.1 Å². The lowest BCUT2D eigenvalue weighted by molar-refractivity contribution is -0.142. The summed E-state index contributed by atoms with van der Waals surface area (Å²) < 4.78 is 42.3. The first-order valence-corrected chi connectivity index (χ1v) is 6.40. The van der Waals surface area contributed by atoms with Crippen LogP contribution in [0.15, 0.2) is 10.8 Å². The van der Waals surface area contributed by atoms with Gasteiger partial charge in [0, 0.05) is 25.3 Å². The molecule has 1 aromatic rings. The van der Waals surface area contributed by atoms with Gasteiger partial charge in [0.2, 0.25) is 0 Å². The normalized spacial score (nSPS) is 13.1. The zero-order chi connectivity index (χ0) is 14.5. The lowest BCUT2D eigenvalue weighted by Gasteiger charge is -2.13. The molecule has 0 bridgehead atoms. The summed E-state index contributed by atoms with van der Waals surface area (Å²) in [5.74, 6) is -0.164. The molecule has 0 spiro atoms. The highest BCUT2D eigenvalue weighted by molar-refractivity contribution is 7.81. The number of hydrogen-bond donors (Lipinski definition) is 3. The molecule has 1 heterocycles. The monoisotopic (exact) mass is 313 g/mol. The van der Waals surface area contributed by atoms with Crippen molar-refractivity contribution in [2.24, 2.45) is 0 Å². The number of nitrogens with one attached hydrogen (secondary N) is 2. The van der Waals surface area contributed by atoms with Gasteiger partial charge in [0.25, 0.3) is 0 Å². The smallest absolute Gasteiger partial charge is 0.436 e. The summed E-state index contributed by atoms with van der Waals surface area (Å²) >= 11 is 9.14. The predicted molar refractivity (Wildman–Crippen MR) is 72.3 cm³/mol. The molecule has 108 valence electrons. The molecule has 1 aromatic heterocycles. The molecule has 0 radical (unpaired) electrons. The standard InChI is InChI=1S/C10H14F3N3OS2/c1-14-9(19)15-4-6(18)2-3-7-8(10(11,12)13)16-5-17-7/h5-6,18H,2-4H2,1H3,(H2,14,15,19). The van der Waals surface area contributed by atoms with Crippen LogP contribution in [-0.2, 0) is 12.6 Å². The van der Waals surface area contributed by atoms with E-state index in [1.54, 1.807) is 7.05 Å². The number of oxazole rings is 1. The predicted octanol–water partition coefficient (Wildman–Crippen LogP) is 2.02. The summed E-state index contributed by atoms with van der Waals surface area (Å²) in [5, 5.41) is 5.94. The summed E-state index contributed by atoms with van der Waals surface area (Å²) in [5.41, 5.74) is -0.966. The van der Waals surface area contributed by atoms with E-state index in [2.05, 4.69) is 28.2 Å². The molecular formula is C10H14F3N3OS2. The summed E-state index contributed by atoms with van der Waals surface area (Å²) in [6, 6.07) is 0. The second-order valence-electron chi connectivity index (χ2n) is 3.77. The highest BCUT2D eigenvalue weighted by Crippen LogP contribution is 2.31. The highest BCUT2D eigenvalue weighted by atomic mass is 32.1. The van der Waals surface area contributed by atoms with E-state index >= 15 is 0 Å². The van der Waals surface area contributed by atoms with Crippen LogP contribution in [-0.4, -0.2) is 28.9 Å².